The highest BCUT2D eigenvalue weighted by molar-refractivity contribution is 5.97. The van der Waals surface area contributed by atoms with Crippen LogP contribution >= 0.6 is 0 Å². The summed E-state index contributed by atoms with van der Waals surface area (Å²) in [5, 5.41) is 50.4. The first-order valence-corrected chi connectivity index (χ1v) is 9.48. The van der Waals surface area contributed by atoms with E-state index in [1.807, 2.05) is 0 Å². The Labute approximate surface area is 177 Å². The summed E-state index contributed by atoms with van der Waals surface area (Å²) in [6.07, 6.45) is -7.13. The molecule has 0 bridgehead atoms. The van der Waals surface area contributed by atoms with Gasteiger partial charge in [0.15, 0.2) is 0 Å². The molecule has 0 radical (unpaired) electrons. The number of amides is 1. The minimum atomic E-state index is -1.58. The summed E-state index contributed by atoms with van der Waals surface area (Å²) >= 11 is 0. The molecule has 5 atom stereocenters. The summed E-state index contributed by atoms with van der Waals surface area (Å²) in [6, 6.07) is 13.1. The van der Waals surface area contributed by atoms with E-state index < -0.39 is 55.7 Å². The van der Waals surface area contributed by atoms with Gasteiger partial charge in [0, 0.05) is 11.1 Å². The lowest BCUT2D eigenvalue weighted by Crippen LogP contribution is -2.60. The summed E-state index contributed by atoms with van der Waals surface area (Å²) in [5.74, 6) is -1.46. The molecule has 3 rings (SSSR count). The van der Waals surface area contributed by atoms with Gasteiger partial charge < -0.3 is 40.3 Å². The van der Waals surface area contributed by atoms with Crippen molar-refractivity contribution in [1.29, 1.82) is 0 Å². The topological polar surface area (TPSA) is 166 Å². The van der Waals surface area contributed by atoms with Crippen LogP contribution in [-0.2, 0) is 9.53 Å². The summed E-state index contributed by atoms with van der Waals surface area (Å²) in [5.41, 5.74) is 1.34. The van der Waals surface area contributed by atoms with Gasteiger partial charge in [0.25, 0.3) is 5.91 Å². The SMILES string of the molecule is O=C(O)CNC(=O)c1cccc(-c2ccccc2O[C@H]2O[C@H](CO)[C@@H](O)[C@@H](O)[C@@H]2O)c1. The van der Waals surface area contributed by atoms with Crippen molar-refractivity contribution < 1.29 is 44.6 Å². The molecule has 6 N–H and O–H groups in total. The average Bonchev–Trinajstić information content (AvgIpc) is 2.78. The average molecular weight is 433 g/mol. The lowest BCUT2D eigenvalue weighted by atomic mass is 9.99. The number of nitrogens with one attached hydrogen (secondary N) is 1. The Balaban J connectivity index is 1.85. The van der Waals surface area contributed by atoms with Crippen LogP contribution in [0.5, 0.6) is 5.75 Å². The molecule has 2 aromatic rings. The van der Waals surface area contributed by atoms with Gasteiger partial charge in [-0.1, -0.05) is 30.3 Å². The number of aliphatic hydroxyl groups is 4. The number of benzene rings is 2. The number of carbonyl (C=O) groups is 2. The molecule has 166 valence electrons. The van der Waals surface area contributed by atoms with Crippen LogP contribution in [0.4, 0.5) is 0 Å². The first kappa shape index (κ1) is 22.7. The number of para-hydroxylation sites is 1. The fourth-order valence-electron chi connectivity index (χ4n) is 3.18. The Morgan fingerprint density at radius 3 is 2.45 bits per heavy atom. The minimum Gasteiger partial charge on any atom is -0.480 e. The van der Waals surface area contributed by atoms with Crippen LogP contribution in [0.2, 0.25) is 0 Å². The highest BCUT2D eigenvalue weighted by Gasteiger charge is 2.44. The molecule has 0 saturated carbocycles. The van der Waals surface area contributed by atoms with Crippen LogP contribution in [0.1, 0.15) is 10.4 Å². The molecule has 1 saturated heterocycles. The monoisotopic (exact) mass is 433 g/mol. The minimum absolute atomic E-state index is 0.237. The molecule has 31 heavy (non-hydrogen) atoms. The zero-order valence-electron chi connectivity index (χ0n) is 16.3. The van der Waals surface area contributed by atoms with E-state index in [0.29, 0.717) is 11.1 Å². The van der Waals surface area contributed by atoms with E-state index in [1.54, 1.807) is 42.5 Å². The third kappa shape index (κ3) is 5.19. The first-order valence-electron chi connectivity index (χ1n) is 9.48. The number of carboxylic acid groups (broad SMARTS) is 1. The maximum absolute atomic E-state index is 12.2. The number of aliphatic carboxylic acids is 1. The Hall–Kier alpha value is -3.02. The van der Waals surface area contributed by atoms with Gasteiger partial charge in [0.05, 0.1) is 6.61 Å². The molecule has 1 heterocycles. The Morgan fingerprint density at radius 2 is 1.74 bits per heavy atom. The maximum atomic E-state index is 12.2. The van der Waals surface area contributed by atoms with Crippen molar-refractivity contribution in [2.75, 3.05) is 13.2 Å². The van der Waals surface area contributed by atoms with Gasteiger partial charge >= 0.3 is 5.97 Å². The van der Waals surface area contributed by atoms with Crippen LogP contribution in [0.15, 0.2) is 48.5 Å². The number of aliphatic hydroxyl groups excluding tert-OH is 4. The molecule has 0 unspecified atom stereocenters. The van der Waals surface area contributed by atoms with E-state index in [1.165, 1.54) is 6.07 Å². The van der Waals surface area contributed by atoms with Crippen LogP contribution < -0.4 is 10.1 Å². The highest BCUT2D eigenvalue weighted by atomic mass is 16.7. The predicted molar refractivity (Wildman–Crippen MR) is 106 cm³/mol. The molecule has 1 aliphatic heterocycles. The van der Waals surface area contributed by atoms with Crippen LogP contribution in [0.3, 0.4) is 0 Å². The van der Waals surface area contributed by atoms with Crippen LogP contribution in [0.25, 0.3) is 11.1 Å². The van der Waals surface area contributed by atoms with Crippen LogP contribution in [0, 0.1) is 0 Å². The molecule has 1 amide bonds. The summed E-state index contributed by atoms with van der Waals surface area (Å²) in [7, 11) is 0. The van der Waals surface area contributed by atoms with E-state index in [9.17, 15) is 30.0 Å². The third-order valence-corrected chi connectivity index (χ3v) is 4.81. The third-order valence-electron chi connectivity index (χ3n) is 4.81. The van der Waals surface area contributed by atoms with Crippen molar-refractivity contribution in [3.05, 3.63) is 54.1 Å². The summed E-state index contributed by atoms with van der Waals surface area (Å²) < 4.78 is 11.1. The fourth-order valence-corrected chi connectivity index (χ4v) is 3.18. The second-order valence-corrected chi connectivity index (χ2v) is 6.97. The van der Waals surface area contributed by atoms with Crippen LogP contribution in [-0.4, -0.2) is 81.3 Å². The van der Waals surface area contributed by atoms with Gasteiger partial charge in [0.2, 0.25) is 6.29 Å². The molecule has 2 aromatic carbocycles. The zero-order chi connectivity index (χ0) is 22.5. The van der Waals surface area contributed by atoms with Crippen molar-refractivity contribution in [2.45, 2.75) is 30.7 Å². The van der Waals surface area contributed by atoms with E-state index in [-0.39, 0.29) is 11.3 Å². The standard InChI is InChI=1S/C21H23NO9/c23-10-15-17(26)18(27)19(28)21(31-15)30-14-7-2-1-6-13(14)11-4-3-5-12(8-11)20(29)22-9-16(24)25/h1-8,15,17-19,21,23,26-28H,9-10H2,(H,22,29)(H,24,25)/t15-,17-,18-,19+,21+/m1/s1. The lowest BCUT2D eigenvalue weighted by Gasteiger charge is -2.39. The lowest BCUT2D eigenvalue weighted by molar-refractivity contribution is -0.277. The second-order valence-electron chi connectivity index (χ2n) is 6.97. The van der Waals surface area contributed by atoms with Crippen molar-refractivity contribution in [3.63, 3.8) is 0 Å². The summed E-state index contributed by atoms with van der Waals surface area (Å²) in [4.78, 5) is 22.8. The molecule has 0 aromatic heterocycles. The largest absolute Gasteiger partial charge is 0.480 e. The number of hydrogen-bond acceptors (Lipinski definition) is 8. The quantitative estimate of drug-likeness (QED) is 0.333. The number of carboxylic acids is 1. The molecule has 0 aliphatic carbocycles. The zero-order valence-corrected chi connectivity index (χ0v) is 16.3. The molecule has 10 heteroatoms. The van der Waals surface area contributed by atoms with Crippen molar-refractivity contribution >= 4 is 11.9 Å². The Bertz CT molecular complexity index is 933. The molecule has 1 fully saturated rings. The second kappa shape index (κ2) is 9.86. The van der Waals surface area contributed by atoms with Gasteiger partial charge in [-0.3, -0.25) is 9.59 Å². The van der Waals surface area contributed by atoms with Gasteiger partial charge in [-0.05, 0) is 23.8 Å². The number of hydrogen-bond donors (Lipinski definition) is 6. The molecular weight excluding hydrogens is 410 g/mol. The molecular formula is C21H23NO9. The van der Waals surface area contributed by atoms with Crippen molar-refractivity contribution in [3.8, 4) is 16.9 Å². The number of ether oxygens (including phenoxy) is 2. The molecule has 1 aliphatic rings. The van der Waals surface area contributed by atoms with E-state index in [4.69, 9.17) is 14.6 Å². The van der Waals surface area contributed by atoms with Gasteiger partial charge in [0.1, 0.15) is 36.7 Å². The number of rotatable bonds is 7. The van der Waals surface area contributed by atoms with Crippen molar-refractivity contribution in [1.82, 2.24) is 5.32 Å². The smallest absolute Gasteiger partial charge is 0.322 e. The van der Waals surface area contributed by atoms with Crippen molar-refractivity contribution in [2.24, 2.45) is 0 Å². The van der Waals surface area contributed by atoms with E-state index in [0.717, 1.165) is 0 Å². The fraction of sp³-hybridized carbons (Fsp3) is 0.333. The first-order chi connectivity index (χ1) is 14.8. The number of carbonyl (C=O) groups excluding carboxylic acids is 1. The maximum Gasteiger partial charge on any atom is 0.322 e. The summed E-state index contributed by atoms with van der Waals surface area (Å²) in [6.45, 7) is -1.10. The normalized spacial score (nSPS) is 25.6. The van der Waals surface area contributed by atoms with E-state index >= 15 is 0 Å². The van der Waals surface area contributed by atoms with Gasteiger partial charge in [-0.25, -0.2) is 0 Å². The predicted octanol–water partition coefficient (Wildman–Crippen LogP) is -0.653. The molecule has 0 spiro atoms. The highest BCUT2D eigenvalue weighted by Crippen LogP contribution is 2.33. The Morgan fingerprint density at radius 1 is 1.00 bits per heavy atom. The van der Waals surface area contributed by atoms with Gasteiger partial charge in [-0.2, -0.15) is 0 Å². The Kier molecular flexibility index (Phi) is 7.21. The van der Waals surface area contributed by atoms with Gasteiger partial charge in [-0.15, -0.1) is 0 Å². The van der Waals surface area contributed by atoms with E-state index in [2.05, 4.69) is 5.32 Å². The molecule has 10 nitrogen and oxygen atoms in total.